The zero-order valence-electron chi connectivity index (χ0n) is 13.0. The summed E-state index contributed by atoms with van der Waals surface area (Å²) in [6.07, 6.45) is 1.77. The van der Waals surface area contributed by atoms with E-state index in [1.54, 1.807) is 30.3 Å². The first kappa shape index (κ1) is 18.2. The molecule has 0 aliphatic rings. The fraction of sp³-hybridized carbons (Fsp3) is 0.118. The van der Waals surface area contributed by atoms with Crippen molar-refractivity contribution < 1.29 is 4.79 Å². The van der Waals surface area contributed by atoms with E-state index in [2.05, 4.69) is 16.8 Å². The summed E-state index contributed by atoms with van der Waals surface area (Å²) >= 11 is 14.5. The van der Waals surface area contributed by atoms with Gasteiger partial charge in [-0.15, -0.1) is 28.1 Å². The van der Waals surface area contributed by atoms with Crippen LogP contribution in [0.3, 0.4) is 0 Å². The third-order valence-corrected chi connectivity index (χ3v) is 5.80. The molecule has 0 unspecified atom stereocenters. The molecule has 0 spiro atoms. The topological polar surface area (TPSA) is 47.8 Å². The van der Waals surface area contributed by atoms with Crippen LogP contribution in [0.1, 0.15) is 9.67 Å². The van der Waals surface area contributed by atoms with E-state index in [1.165, 1.54) is 23.1 Å². The van der Waals surface area contributed by atoms with Crippen LogP contribution < -0.4 is 0 Å². The van der Waals surface area contributed by atoms with Crippen LogP contribution in [-0.4, -0.2) is 26.3 Å². The second-order valence-corrected chi connectivity index (χ2v) is 8.12. The van der Waals surface area contributed by atoms with Crippen LogP contribution in [0.5, 0.6) is 0 Å². The third kappa shape index (κ3) is 4.33. The summed E-state index contributed by atoms with van der Waals surface area (Å²) in [6.45, 7) is 4.33. The standard InChI is InChI=1S/C17H13Cl2N3OS2/c1-2-9-22-16(11-3-5-12(18)6-4-11)20-21-17(22)24-10-13(23)14-7-8-15(19)25-14/h2-8H,1,9-10H2. The molecule has 0 radical (unpaired) electrons. The molecule has 3 aromatic rings. The predicted molar refractivity (Wildman–Crippen MR) is 105 cm³/mol. The first-order valence-corrected chi connectivity index (χ1v) is 9.85. The van der Waals surface area contributed by atoms with Gasteiger partial charge in [0.15, 0.2) is 16.8 Å². The summed E-state index contributed by atoms with van der Waals surface area (Å²) in [5.74, 6) is 1.00. The van der Waals surface area contributed by atoms with Crippen LogP contribution >= 0.6 is 46.3 Å². The van der Waals surface area contributed by atoms with Gasteiger partial charge in [0, 0.05) is 17.1 Å². The average Bonchev–Trinajstić information content (AvgIpc) is 3.21. The summed E-state index contributed by atoms with van der Waals surface area (Å²) < 4.78 is 2.53. The molecule has 0 amide bonds. The Morgan fingerprint density at radius 2 is 1.96 bits per heavy atom. The summed E-state index contributed by atoms with van der Waals surface area (Å²) in [5.41, 5.74) is 0.905. The molecule has 4 nitrogen and oxygen atoms in total. The highest BCUT2D eigenvalue weighted by Gasteiger charge is 2.16. The van der Waals surface area contributed by atoms with E-state index in [-0.39, 0.29) is 11.5 Å². The molecule has 3 rings (SSSR count). The number of allylic oxidation sites excluding steroid dienone is 1. The average molecular weight is 410 g/mol. The Hall–Kier alpha value is -1.60. The zero-order valence-corrected chi connectivity index (χ0v) is 16.1. The Morgan fingerprint density at radius 3 is 2.60 bits per heavy atom. The first-order chi connectivity index (χ1) is 12.1. The minimum Gasteiger partial charge on any atom is -0.298 e. The second-order valence-electron chi connectivity index (χ2n) is 5.03. The number of carbonyl (C=O) groups is 1. The number of hydrogen-bond acceptors (Lipinski definition) is 5. The van der Waals surface area contributed by atoms with Crippen molar-refractivity contribution in [3.8, 4) is 11.4 Å². The molecule has 2 aromatic heterocycles. The van der Waals surface area contributed by atoms with Gasteiger partial charge in [-0.25, -0.2) is 0 Å². The van der Waals surface area contributed by atoms with Crippen molar-refractivity contribution in [2.45, 2.75) is 11.7 Å². The molecule has 2 heterocycles. The lowest BCUT2D eigenvalue weighted by Gasteiger charge is -2.07. The predicted octanol–water partition coefficient (Wildman–Crippen LogP) is 5.47. The second kappa shape index (κ2) is 8.19. The lowest BCUT2D eigenvalue weighted by molar-refractivity contribution is 0.102. The summed E-state index contributed by atoms with van der Waals surface area (Å²) in [5, 5.41) is 9.81. The van der Waals surface area contributed by atoms with Crippen molar-refractivity contribution in [3.63, 3.8) is 0 Å². The lowest BCUT2D eigenvalue weighted by Crippen LogP contribution is -2.04. The van der Waals surface area contributed by atoms with Crippen molar-refractivity contribution in [3.05, 3.63) is 63.3 Å². The highest BCUT2D eigenvalue weighted by Crippen LogP contribution is 2.27. The number of benzene rings is 1. The van der Waals surface area contributed by atoms with Crippen molar-refractivity contribution in [2.75, 3.05) is 5.75 Å². The number of carbonyl (C=O) groups excluding carboxylic acids is 1. The number of rotatable bonds is 7. The van der Waals surface area contributed by atoms with Crippen molar-refractivity contribution in [2.24, 2.45) is 0 Å². The molecule has 0 saturated heterocycles. The molecule has 0 N–H and O–H groups in total. The van der Waals surface area contributed by atoms with Crippen LogP contribution in [0, 0.1) is 0 Å². The molecular formula is C17H13Cl2N3OS2. The van der Waals surface area contributed by atoms with E-state index >= 15 is 0 Å². The van der Waals surface area contributed by atoms with Gasteiger partial charge in [-0.3, -0.25) is 9.36 Å². The van der Waals surface area contributed by atoms with Gasteiger partial charge in [0.1, 0.15) is 0 Å². The molecule has 128 valence electrons. The number of aromatic nitrogens is 3. The van der Waals surface area contributed by atoms with Gasteiger partial charge in [-0.1, -0.05) is 41.0 Å². The number of thioether (sulfide) groups is 1. The van der Waals surface area contributed by atoms with Crippen LogP contribution in [0.25, 0.3) is 11.4 Å². The van der Waals surface area contributed by atoms with Gasteiger partial charge in [0.2, 0.25) is 0 Å². The fourth-order valence-electron chi connectivity index (χ4n) is 2.17. The minimum absolute atomic E-state index is 0.0168. The Balaban J connectivity index is 1.80. The van der Waals surface area contributed by atoms with E-state index in [9.17, 15) is 4.79 Å². The molecule has 0 fully saturated rings. The quantitative estimate of drug-likeness (QED) is 0.294. The van der Waals surface area contributed by atoms with Gasteiger partial charge in [-0.05, 0) is 36.4 Å². The number of Topliss-reactive ketones (excluding diaryl/α,β-unsaturated/α-hetero) is 1. The molecule has 0 saturated carbocycles. The smallest absolute Gasteiger partial charge is 0.192 e. The monoisotopic (exact) mass is 409 g/mol. The Morgan fingerprint density at radius 1 is 1.20 bits per heavy atom. The largest absolute Gasteiger partial charge is 0.298 e. The maximum atomic E-state index is 12.3. The van der Waals surface area contributed by atoms with Gasteiger partial charge < -0.3 is 0 Å². The van der Waals surface area contributed by atoms with Gasteiger partial charge >= 0.3 is 0 Å². The highest BCUT2D eigenvalue weighted by atomic mass is 35.5. The van der Waals surface area contributed by atoms with E-state index in [0.29, 0.717) is 31.8 Å². The van der Waals surface area contributed by atoms with Crippen molar-refractivity contribution >= 4 is 52.1 Å². The van der Waals surface area contributed by atoms with Gasteiger partial charge in [-0.2, -0.15) is 0 Å². The molecule has 8 heteroatoms. The highest BCUT2D eigenvalue weighted by molar-refractivity contribution is 7.99. The molecule has 0 aliphatic heterocycles. The first-order valence-electron chi connectivity index (χ1n) is 7.30. The SMILES string of the molecule is C=CCn1c(SCC(=O)c2ccc(Cl)s2)nnc1-c1ccc(Cl)cc1. The number of thiophene rings is 1. The van der Waals surface area contributed by atoms with E-state index in [4.69, 9.17) is 23.2 Å². The van der Waals surface area contributed by atoms with Crippen molar-refractivity contribution in [1.82, 2.24) is 14.8 Å². The normalized spacial score (nSPS) is 10.8. The third-order valence-electron chi connectivity index (χ3n) is 3.31. The van der Waals surface area contributed by atoms with Gasteiger partial charge in [0.25, 0.3) is 0 Å². The molecule has 0 bridgehead atoms. The zero-order chi connectivity index (χ0) is 17.8. The van der Waals surface area contributed by atoms with Crippen LogP contribution in [0.4, 0.5) is 0 Å². The maximum absolute atomic E-state index is 12.3. The van der Waals surface area contributed by atoms with E-state index in [1.807, 2.05) is 16.7 Å². The van der Waals surface area contributed by atoms with Crippen LogP contribution in [0.2, 0.25) is 9.36 Å². The molecular weight excluding hydrogens is 397 g/mol. The van der Waals surface area contributed by atoms with Crippen molar-refractivity contribution in [1.29, 1.82) is 0 Å². The lowest BCUT2D eigenvalue weighted by atomic mass is 10.2. The minimum atomic E-state index is 0.0168. The Kier molecular flexibility index (Phi) is 5.96. The number of nitrogens with zero attached hydrogens (tertiary/aromatic N) is 3. The molecule has 0 atom stereocenters. The maximum Gasteiger partial charge on any atom is 0.192 e. The number of halogens is 2. The molecule has 0 aliphatic carbocycles. The van der Waals surface area contributed by atoms with Crippen LogP contribution in [0.15, 0.2) is 54.2 Å². The Bertz CT molecular complexity index is 903. The van der Waals surface area contributed by atoms with E-state index < -0.39 is 0 Å². The summed E-state index contributed by atoms with van der Waals surface area (Å²) in [7, 11) is 0. The summed E-state index contributed by atoms with van der Waals surface area (Å²) in [4.78, 5) is 12.9. The van der Waals surface area contributed by atoms with Crippen LogP contribution in [-0.2, 0) is 6.54 Å². The van der Waals surface area contributed by atoms with E-state index in [0.717, 1.165) is 5.56 Å². The summed E-state index contributed by atoms with van der Waals surface area (Å²) in [6, 6.07) is 10.9. The number of ketones is 1. The molecule has 25 heavy (non-hydrogen) atoms. The fourth-order valence-corrected chi connectivity index (χ4v) is 4.20. The Labute approximate surface area is 163 Å². The molecule has 1 aromatic carbocycles. The van der Waals surface area contributed by atoms with Gasteiger partial charge in [0.05, 0.1) is 15.0 Å². The number of hydrogen-bond donors (Lipinski definition) is 0.